The van der Waals surface area contributed by atoms with E-state index >= 15 is 0 Å². The molecule has 0 aliphatic heterocycles. The topological polar surface area (TPSA) is 122 Å². The fraction of sp³-hybridized carbons (Fsp3) is 0.615. The lowest BCUT2D eigenvalue weighted by molar-refractivity contribution is 0.349. The standard InChI is InChI=1S/C13H20N6O2/c14-6-7-15-12-16-9-10(17-12)19(13(21)18-11(9)20)8-4-2-1-3-5-8/h8H,1-7,14H2,(H2,15,16,17)(H,18,20,21). The Kier molecular flexibility index (Phi) is 3.78. The highest BCUT2D eigenvalue weighted by molar-refractivity contribution is 5.72. The molecule has 21 heavy (non-hydrogen) atoms. The summed E-state index contributed by atoms with van der Waals surface area (Å²) < 4.78 is 1.63. The van der Waals surface area contributed by atoms with Crippen LogP contribution in [-0.4, -0.2) is 32.6 Å². The maximum atomic E-state index is 12.2. The van der Waals surface area contributed by atoms with E-state index in [1.54, 1.807) is 4.57 Å². The maximum absolute atomic E-state index is 12.2. The molecule has 1 saturated carbocycles. The van der Waals surface area contributed by atoms with Gasteiger partial charge in [-0.2, -0.15) is 4.98 Å². The summed E-state index contributed by atoms with van der Waals surface area (Å²) in [6.07, 6.45) is 5.28. The number of hydrogen-bond donors (Lipinski definition) is 4. The Morgan fingerprint density at radius 1 is 1.24 bits per heavy atom. The summed E-state index contributed by atoms with van der Waals surface area (Å²) in [6.45, 7) is 1.01. The molecule has 2 aromatic heterocycles. The SMILES string of the molecule is NCCNc1nc2c([nH]1)c(=O)[nH]c(=O)n2C1CCCCC1. The van der Waals surface area contributed by atoms with Crippen LogP contribution in [0.2, 0.25) is 0 Å². The zero-order valence-corrected chi connectivity index (χ0v) is 11.8. The van der Waals surface area contributed by atoms with Crippen LogP contribution in [0.4, 0.5) is 5.95 Å². The third kappa shape index (κ3) is 2.58. The summed E-state index contributed by atoms with van der Waals surface area (Å²) in [5.74, 6) is 0.469. The van der Waals surface area contributed by atoms with Crippen molar-refractivity contribution in [3.8, 4) is 0 Å². The van der Waals surface area contributed by atoms with Gasteiger partial charge in [-0.15, -0.1) is 0 Å². The zero-order chi connectivity index (χ0) is 14.8. The zero-order valence-electron chi connectivity index (χ0n) is 11.8. The van der Waals surface area contributed by atoms with Crippen LogP contribution < -0.4 is 22.3 Å². The first-order valence-electron chi connectivity index (χ1n) is 7.39. The molecule has 0 radical (unpaired) electrons. The summed E-state index contributed by atoms with van der Waals surface area (Å²) in [4.78, 5) is 33.8. The first-order valence-corrected chi connectivity index (χ1v) is 7.39. The third-order valence-electron chi connectivity index (χ3n) is 3.96. The number of hydrogen-bond acceptors (Lipinski definition) is 5. The largest absolute Gasteiger partial charge is 0.354 e. The number of rotatable bonds is 4. The van der Waals surface area contributed by atoms with Crippen molar-refractivity contribution in [2.45, 2.75) is 38.1 Å². The monoisotopic (exact) mass is 292 g/mol. The number of nitrogens with two attached hydrogens (primary N) is 1. The van der Waals surface area contributed by atoms with Gasteiger partial charge in [0, 0.05) is 19.1 Å². The average Bonchev–Trinajstić information content (AvgIpc) is 2.90. The molecule has 0 aromatic carbocycles. The van der Waals surface area contributed by atoms with Gasteiger partial charge in [-0.1, -0.05) is 19.3 Å². The van der Waals surface area contributed by atoms with E-state index in [2.05, 4.69) is 20.3 Å². The molecule has 8 heteroatoms. The molecule has 0 amide bonds. The molecule has 3 rings (SSSR count). The Morgan fingerprint density at radius 3 is 2.71 bits per heavy atom. The van der Waals surface area contributed by atoms with E-state index in [1.165, 1.54) is 6.42 Å². The number of imidazole rings is 1. The van der Waals surface area contributed by atoms with Crippen molar-refractivity contribution in [1.82, 2.24) is 19.5 Å². The first-order chi connectivity index (χ1) is 10.2. The van der Waals surface area contributed by atoms with Gasteiger partial charge in [-0.3, -0.25) is 14.3 Å². The lowest BCUT2D eigenvalue weighted by atomic mass is 9.95. The summed E-state index contributed by atoms with van der Waals surface area (Å²) in [6, 6.07) is 0.108. The average molecular weight is 292 g/mol. The van der Waals surface area contributed by atoms with Crippen LogP contribution in [0.15, 0.2) is 9.59 Å². The van der Waals surface area contributed by atoms with Crippen molar-refractivity contribution in [3.05, 3.63) is 20.8 Å². The number of nitrogens with one attached hydrogen (secondary N) is 3. The maximum Gasteiger partial charge on any atom is 0.330 e. The lowest BCUT2D eigenvalue weighted by Gasteiger charge is -2.23. The van der Waals surface area contributed by atoms with E-state index < -0.39 is 5.56 Å². The minimum Gasteiger partial charge on any atom is -0.354 e. The van der Waals surface area contributed by atoms with Crippen molar-refractivity contribution >= 4 is 17.1 Å². The summed E-state index contributed by atoms with van der Waals surface area (Å²) in [5.41, 5.74) is 5.39. The minimum absolute atomic E-state index is 0.108. The van der Waals surface area contributed by atoms with E-state index in [9.17, 15) is 9.59 Å². The van der Waals surface area contributed by atoms with Gasteiger partial charge in [0.2, 0.25) is 5.95 Å². The van der Waals surface area contributed by atoms with E-state index in [0.717, 1.165) is 25.7 Å². The number of anilines is 1. The van der Waals surface area contributed by atoms with E-state index in [4.69, 9.17) is 5.73 Å². The Bertz CT molecular complexity index is 737. The highest BCUT2D eigenvalue weighted by Gasteiger charge is 2.21. The van der Waals surface area contributed by atoms with Gasteiger partial charge < -0.3 is 16.0 Å². The molecule has 2 heterocycles. The molecule has 8 nitrogen and oxygen atoms in total. The Labute approximate surface area is 120 Å². The van der Waals surface area contributed by atoms with Gasteiger partial charge in [0.1, 0.15) is 0 Å². The smallest absolute Gasteiger partial charge is 0.330 e. The fourth-order valence-electron chi connectivity index (χ4n) is 2.97. The van der Waals surface area contributed by atoms with Gasteiger partial charge in [0.05, 0.1) is 0 Å². The van der Waals surface area contributed by atoms with Crippen LogP contribution in [0.3, 0.4) is 0 Å². The number of nitrogens with zero attached hydrogens (tertiary/aromatic N) is 2. The molecule has 0 saturated heterocycles. The predicted octanol–water partition coefficient (Wildman–Crippen LogP) is 0.289. The Morgan fingerprint density at radius 2 is 2.00 bits per heavy atom. The van der Waals surface area contributed by atoms with Crippen LogP contribution in [-0.2, 0) is 0 Å². The molecule has 0 bridgehead atoms. The summed E-state index contributed by atoms with van der Waals surface area (Å²) in [7, 11) is 0. The molecular formula is C13H20N6O2. The quantitative estimate of drug-likeness (QED) is 0.645. The van der Waals surface area contributed by atoms with Gasteiger partial charge in [-0.25, -0.2) is 4.79 Å². The number of aromatic nitrogens is 4. The van der Waals surface area contributed by atoms with Crippen LogP contribution in [0.25, 0.3) is 11.2 Å². The second kappa shape index (κ2) is 5.72. The highest BCUT2D eigenvalue weighted by Crippen LogP contribution is 2.28. The second-order valence-corrected chi connectivity index (χ2v) is 5.42. The summed E-state index contributed by atoms with van der Waals surface area (Å²) >= 11 is 0. The number of aromatic amines is 2. The van der Waals surface area contributed by atoms with Gasteiger partial charge in [0.15, 0.2) is 11.2 Å². The summed E-state index contributed by atoms with van der Waals surface area (Å²) in [5, 5.41) is 3.00. The van der Waals surface area contributed by atoms with Crippen molar-refractivity contribution in [2.75, 3.05) is 18.4 Å². The molecular weight excluding hydrogens is 272 g/mol. The van der Waals surface area contributed by atoms with Crippen LogP contribution in [0, 0.1) is 0 Å². The lowest BCUT2D eigenvalue weighted by Crippen LogP contribution is -2.33. The predicted molar refractivity (Wildman–Crippen MR) is 80.6 cm³/mol. The minimum atomic E-state index is -0.435. The van der Waals surface area contributed by atoms with Crippen LogP contribution in [0.1, 0.15) is 38.1 Å². The van der Waals surface area contributed by atoms with E-state index in [1.807, 2.05) is 0 Å². The molecule has 0 unspecified atom stereocenters. The normalized spacial score (nSPS) is 16.4. The van der Waals surface area contributed by atoms with Gasteiger partial charge in [-0.05, 0) is 12.8 Å². The first kappa shape index (κ1) is 13.9. The molecule has 5 N–H and O–H groups in total. The van der Waals surface area contributed by atoms with E-state index in [-0.39, 0.29) is 11.7 Å². The van der Waals surface area contributed by atoms with Crippen molar-refractivity contribution in [2.24, 2.45) is 5.73 Å². The molecule has 0 spiro atoms. The van der Waals surface area contributed by atoms with Gasteiger partial charge >= 0.3 is 5.69 Å². The van der Waals surface area contributed by atoms with Crippen LogP contribution >= 0.6 is 0 Å². The second-order valence-electron chi connectivity index (χ2n) is 5.42. The van der Waals surface area contributed by atoms with Crippen LogP contribution in [0.5, 0.6) is 0 Å². The van der Waals surface area contributed by atoms with Gasteiger partial charge in [0.25, 0.3) is 5.56 Å². The molecule has 1 aliphatic rings. The third-order valence-corrected chi connectivity index (χ3v) is 3.96. The molecule has 1 aliphatic carbocycles. The van der Waals surface area contributed by atoms with Crippen molar-refractivity contribution < 1.29 is 0 Å². The van der Waals surface area contributed by atoms with Crippen molar-refractivity contribution in [3.63, 3.8) is 0 Å². The molecule has 0 atom stereocenters. The highest BCUT2D eigenvalue weighted by atomic mass is 16.2. The molecule has 1 fully saturated rings. The number of H-pyrrole nitrogens is 2. The molecule has 114 valence electrons. The van der Waals surface area contributed by atoms with E-state index in [0.29, 0.717) is 30.2 Å². The number of fused-ring (bicyclic) bond motifs is 1. The Balaban J connectivity index is 2.11. The molecule has 2 aromatic rings. The Hall–Kier alpha value is -2.09. The van der Waals surface area contributed by atoms with Crippen molar-refractivity contribution in [1.29, 1.82) is 0 Å². The fourth-order valence-corrected chi connectivity index (χ4v) is 2.97.